The van der Waals surface area contributed by atoms with Crippen molar-refractivity contribution in [3.8, 4) is 0 Å². The summed E-state index contributed by atoms with van der Waals surface area (Å²) < 4.78 is 53.5. The van der Waals surface area contributed by atoms with E-state index in [0.29, 0.717) is 17.7 Å². The van der Waals surface area contributed by atoms with Gasteiger partial charge in [0.25, 0.3) is 0 Å². The zero-order chi connectivity index (χ0) is 18.4. The lowest BCUT2D eigenvalue weighted by Crippen LogP contribution is -2.34. The van der Waals surface area contributed by atoms with Crippen LogP contribution in [0.15, 0.2) is 24.3 Å². The van der Waals surface area contributed by atoms with Crippen molar-refractivity contribution < 1.29 is 22.4 Å². The van der Waals surface area contributed by atoms with Gasteiger partial charge < -0.3 is 5.73 Å². The molecule has 0 unspecified atom stereocenters. The molecular formula is C15H11ClF4N4O. The Kier molecular flexibility index (Phi) is 4.28. The van der Waals surface area contributed by atoms with E-state index in [1.165, 1.54) is 12.1 Å². The Bertz CT molecular complexity index is 819. The fourth-order valence-corrected chi connectivity index (χ4v) is 2.55. The van der Waals surface area contributed by atoms with Crippen LogP contribution in [-0.2, 0) is 6.18 Å². The monoisotopic (exact) mass is 374 g/mol. The van der Waals surface area contributed by atoms with Gasteiger partial charge in [-0.05, 0) is 31.0 Å². The first kappa shape index (κ1) is 17.4. The summed E-state index contributed by atoms with van der Waals surface area (Å²) in [5.74, 6) is -1.77. The summed E-state index contributed by atoms with van der Waals surface area (Å²) in [7, 11) is 0. The average molecular weight is 375 g/mol. The van der Waals surface area contributed by atoms with Crippen molar-refractivity contribution in [2.45, 2.75) is 24.9 Å². The molecule has 0 bridgehead atoms. The zero-order valence-corrected chi connectivity index (χ0v) is 13.3. The number of hydrogen-bond acceptors (Lipinski definition) is 3. The molecule has 0 radical (unpaired) electrons. The third-order valence-electron chi connectivity index (χ3n) is 3.60. The number of primary amides is 1. The van der Waals surface area contributed by atoms with Gasteiger partial charge in [-0.25, -0.2) is 24.1 Å². The molecule has 25 heavy (non-hydrogen) atoms. The molecule has 1 saturated carbocycles. The molecule has 1 fully saturated rings. The first-order valence-electron chi connectivity index (χ1n) is 7.18. The molecule has 1 heterocycles. The van der Waals surface area contributed by atoms with Gasteiger partial charge in [-0.1, -0.05) is 17.7 Å². The van der Waals surface area contributed by atoms with E-state index < -0.39 is 35.4 Å². The molecule has 1 aliphatic rings. The molecule has 132 valence electrons. The lowest BCUT2D eigenvalue weighted by molar-refractivity contribution is -0.141. The lowest BCUT2D eigenvalue weighted by Gasteiger charge is -2.21. The maximum Gasteiger partial charge on any atom is 0.433 e. The molecule has 3 rings (SSSR count). The number of hydrogen-bond donors (Lipinski definition) is 1. The van der Waals surface area contributed by atoms with Gasteiger partial charge in [0, 0.05) is 11.6 Å². The Labute approximate surface area is 144 Å². The Morgan fingerprint density at radius 3 is 2.48 bits per heavy atom. The molecule has 0 atom stereocenters. The number of anilines is 2. The van der Waals surface area contributed by atoms with E-state index in [2.05, 4.69) is 9.97 Å². The molecule has 10 heteroatoms. The summed E-state index contributed by atoms with van der Waals surface area (Å²) in [5.41, 5.74) is 3.62. The van der Waals surface area contributed by atoms with E-state index in [4.69, 9.17) is 17.3 Å². The van der Waals surface area contributed by atoms with Crippen molar-refractivity contribution in [1.82, 2.24) is 9.97 Å². The number of aromatic nitrogens is 2. The number of nitrogens with two attached hydrogens (primary N) is 1. The molecule has 0 saturated heterocycles. The minimum atomic E-state index is -4.76. The molecular weight excluding hydrogens is 364 g/mol. The van der Waals surface area contributed by atoms with Gasteiger partial charge in [-0.2, -0.15) is 13.2 Å². The van der Waals surface area contributed by atoms with Crippen LogP contribution in [0.3, 0.4) is 0 Å². The number of carbonyl (C=O) groups excluding carboxylic acids is 1. The molecule has 0 aliphatic heterocycles. The number of urea groups is 1. The Morgan fingerprint density at radius 2 is 1.96 bits per heavy atom. The van der Waals surface area contributed by atoms with Crippen molar-refractivity contribution in [3.05, 3.63) is 46.5 Å². The van der Waals surface area contributed by atoms with E-state index in [0.717, 1.165) is 12.1 Å². The maximum absolute atomic E-state index is 14.1. The summed E-state index contributed by atoms with van der Waals surface area (Å²) in [6, 6.07) is 3.11. The summed E-state index contributed by atoms with van der Waals surface area (Å²) >= 11 is 5.90. The van der Waals surface area contributed by atoms with E-state index in [1.807, 2.05) is 0 Å². The van der Waals surface area contributed by atoms with Crippen molar-refractivity contribution in [2.24, 2.45) is 5.73 Å². The number of carbonyl (C=O) groups is 1. The van der Waals surface area contributed by atoms with Gasteiger partial charge >= 0.3 is 12.2 Å². The fourth-order valence-electron chi connectivity index (χ4n) is 2.30. The van der Waals surface area contributed by atoms with Crippen LogP contribution in [0, 0.1) is 5.82 Å². The number of para-hydroxylation sites is 1. The Morgan fingerprint density at radius 1 is 1.28 bits per heavy atom. The summed E-state index contributed by atoms with van der Waals surface area (Å²) in [6.45, 7) is 0. The highest BCUT2D eigenvalue weighted by Crippen LogP contribution is 2.42. The standard InChI is InChI=1S/C15H11ClF4N4O/c16-8-2-1-3-9(17)12(8)24(13(21)25)14-22-10(7-4-5-7)6-11(23-14)15(18,19)20/h1-3,6-7H,4-5H2,(H2,21,25). The second kappa shape index (κ2) is 6.14. The van der Waals surface area contributed by atoms with Crippen molar-refractivity contribution >= 4 is 29.3 Å². The summed E-state index contributed by atoms with van der Waals surface area (Å²) in [5, 5.41) is -0.215. The van der Waals surface area contributed by atoms with Gasteiger partial charge in [0.15, 0.2) is 0 Å². The van der Waals surface area contributed by atoms with Crippen LogP contribution >= 0.6 is 11.6 Å². The molecule has 1 aliphatic carbocycles. The van der Waals surface area contributed by atoms with Crippen LogP contribution < -0.4 is 10.6 Å². The number of amides is 2. The van der Waals surface area contributed by atoms with Gasteiger partial charge in [-0.15, -0.1) is 0 Å². The van der Waals surface area contributed by atoms with Crippen molar-refractivity contribution in [1.29, 1.82) is 0 Å². The number of halogens is 5. The van der Waals surface area contributed by atoms with E-state index in [9.17, 15) is 22.4 Å². The molecule has 2 aromatic rings. The molecule has 1 aromatic carbocycles. The van der Waals surface area contributed by atoms with E-state index >= 15 is 0 Å². The number of alkyl halides is 3. The zero-order valence-electron chi connectivity index (χ0n) is 12.5. The Balaban J connectivity index is 2.20. The number of benzene rings is 1. The predicted molar refractivity (Wildman–Crippen MR) is 82.1 cm³/mol. The van der Waals surface area contributed by atoms with Crippen molar-refractivity contribution in [3.63, 3.8) is 0 Å². The van der Waals surface area contributed by atoms with Gasteiger partial charge in [0.05, 0.1) is 5.02 Å². The topological polar surface area (TPSA) is 72.1 Å². The van der Waals surface area contributed by atoms with Crippen LogP contribution in [0.25, 0.3) is 0 Å². The number of rotatable bonds is 3. The normalized spacial score (nSPS) is 14.4. The van der Waals surface area contributed by atoms with Crippen LogP contribution in [0.2, 0.25) is 5.02 Å². The molecule has 2 N–H and O–H groups in total. The van der Waals surface area contributed by atoms with E-state index in [-0.39, 0.29) is 16.6 Å². The SMILES string of the molecule is NC(=O)N(c1nc(C2CC2)cc(C(F)(F)F)n1)c1c(F)cccc1Cl. The second-order valence-corrected chi connectivity index (χ2v) is 5.90. The number of nitrogens with zero attached hydrogens (tertiary/aromatic N) is 3. The fraction of sp³-hybridized carbons (Fsp3) is 0.267. The first-order chi connectivity index (χ1) is 11.7. The Hall–Kier alpha value is -2.42. The molecule has 1 aromatic heterocycles. The third kappa shape index (κ3) is 3.51. The minimum absolute atomic E-state index is 0.121. The third-order valence-corrected chi connectivity index (χ3v) is 3.91. The quantitative estimate of drug-likeness (QED) is 0.810. The largest absolute Gasteiger partial charge is 0.433 e. The second-order valence-electron chi connectivity index (χ2n) is 5.49. The molecule has 2 amide bonds. The molecule has 0 spiro atoms. The summed E-state index contributed by atoms with van der Waals surface area (Å²) in [4.78, 5) is 19.6. The van der Waals surface area contributed by atoms with Crippen LogP contribution in [-0.4, -0.2) is 16.0 Å². The highest BCUT2D eigenvalue weighted by Gasteiger charge is 2.37. The van der Waals surface area contributed by atoms with Crippen LogP contribution in [0.1, 0.15) is 30.1 Å². The van der Waals surface area contributed by atoms with Crippen LogP contribution in [0.4, 0.5) is 34.0 Å². The maximum atomic E-state index is 14.1. The van der Waals surface area contributed by atoms with Gasteiger partial charge in [0.1, 0.15) is 17.2 Å². The molecule has 5 nitrogen and oxygen atoms in total. The predicted octanol–water partition coefficient (Wildman–Crippen LogP) is 4.38. The van der Waals surface area contributed by atoms with Crippen molar-refractivity contribution in [2.75, 3.05) is 4.90 Å². The van der Waals surface area contributed by atoms with Gasteiger partial charge in [0.2, 0.25) is 5.95 Å². The average Bonchev–Trinajstić information content (AvgIpc) is 3.34. The highest BCUT2D eigenvalue weighted by atomic mass is 35.5. The minimum Gasteiger partial charge on any atom is -0.351 e. The van der Waals surface area contributed by atoms with E-state index in [1.54, 1.807) is 0 Å². The van der Waals surface area contributed by atoms with Crippen LogP contribution in [0.5, 0.6) is 0 Å². The van der Waals surface area contributed by atoms with Gasteiger partial charge in [-0.3, -0.25) is 0 Å². The highest BCUT2D eigenvalue weighted by molar-refractivity contribution is 6.34. The first-order valence-corrected chi connectivity index (χ1v) is 7.56. The smallest absolute Gasteiger partial charge is 0.351 e. The lowest BCUT2D eigenvalue weighted by atomic mass is 10.2. The summed E-state index contributed by atoms with van der Waals surface area (Å²) in [6.07, 6.45) is -3.42.